The van der Waals surface area contributed by atoms with Gasteiger partial charge in [0.05, 0.1) is 24.3 Å². The summed E-state index contributed by atoms with van der Waals surface area (Å²) >= 11 is 0. The Kier molecular flexibility index (Phi) is 6.44. The molecule has 2 aliphatic heterocycles. The lowest BCUT2D eigenvalue weighted by Gasteiger charge is -2.38. The number of halogens is 5. The average molecular weight is 575 g/mol. The van der Waals surface area contributed by atoms with Crippen molar-refractivity contribution in [1.29, 1.82) is 5.26 Å². The van der Waals surface area contributed by atoms with Crippen molar-refractivity contribution in [2.45, 2.75) is 58.4 Å². The number of benzene rings is 1. The zero-order valence-electron chi connectivity index (χ0n) is 22.6. The Morgan fingerprint density at radius 2 is 1.95 bits per heavy atom. The van der Waals surface area contributed by atoms with E-state index in [0.29, 0.717) is 25.5 Å². The maximum Gasteiger partial charge on any atom is 0.417 e. The van der Waals surface area contributed by atoms with Gasteiger partial charge < -0.3 is 19.7 Å². The van der Waals surface area contributed by atoms with Crippen LogP contribution in [0.3, 0.4) is 0 Å². The molecule has 0 bridgehead atoms. The van der Waals surface area contributed by atoms with E-state index in [1.54, 1.807) is 6.92 Å². The molecule has 8 nitrogen and oxygen atoms in total. The third-order valence-corrected chi connectivity index (χ3v) is 8.24. The number of anilines is 1. The van der Waals surface area contributed by atoms with Crippen molar-refractivity contribution >= 4 is 16.7 Å². The molecule has 6 rings (SSSR count). The predicted octanol–water partition coefficient (Wildman–Crippen LogP) is 5.24. The van der Waals surface area contributed by atoms with E-state index in [9.17, 15) is 22.8 Å². The summed E-state index contributed by atoms with van der Waals surface area (Å²) in [6.45, 7) is 5.89. The standard InChI is InChI=1S/C28H27F5N6O2/c1-13-10-16(19(28(31,32)33)14(2)20(13)29)22-21(30)23-18-24(38-26(37-23)40-12-27(4-5-27)6-7-34)39-9-8-35-11-17(39)15(3)41-25(18)36-22/h10,15,17,35H,4-6,8-9,11-12H2,1-3H3/t15-,17-/m0/s1. The molecule has 4 heterocycles. The van der Waals surface area contributed by atoms with Crippen LogP contribution in [0.5, 0.6) is 11.9 Å². The zero-order chi connectivity index (χ0) is 29.3. The first-order valence-corrected chi connectivity index (χ1v) is 13.4. The molecule has 1 N–H and O–H groups in total. The van der Waals surface area contributed by atoms with Crippen molar-refractivity contribution in [2.24, 2.45) is 5.41 Å². The fraction of sp³-hybridized carbons (Fsp3) is 0.500. The van der Waals surface area contributed by atoms with Crippen LogP contribution in [0.25, 0.3) is 22.2 Å². The van der Waals surface area contributed by atoms with Gasteiger partial charge in [-0.2, -0.15) is 28.4 Å². The average Bonchev–Trinajstić information content (AvgIpc) is 3.71. The normalized spacial score (nSPS) is 21.1. The van der Waals surface area contributed by atoms with Crippen molar-refractivity contribution in [1.82, 2.24) is 20.3 Å². The van der Waals surface area contributed by atoms with Gasteiger partial charge in [-0.15, -0.1) is 0 Å². The molecule has 1 saturated carbocycles. The van der Waals surface area contributed by atoms with Gasteiger partial charge >= 0.3 is 12.2 Å². The molecule has 41 heavy (non-hydrogen) atoms. The van der Waals surface area contributed by atoms with E-state index in [1.807, 2.05) is 4.90 Å². The number of hydrogen-bond acceptors (Lipinski definition) is 8. The fourth-order valence-corrected chi connectivity index (χ4v) is 5.75. The highest BCUT2D eigenvalue weighted by Gasteiger charge is 2.44. The SMILES string of the molecule is Cc1cc(-c2nc3c4c(nc(OCC5(CC#N)CC5)nc4c2F)N2CCNC[C@H]2[C@H](C)O3)c(C(F)(F)F)c(C)c1F. The van der Waals surface area contributed by atoms with E-state index in [2.05, 4.69) is 26.3 Å². The minimum Gasteiger partial charge on any atom is -0.472 e. The minimum atomic E-state index is -4.99. The molecule has 3 aromatic rings. The van der Waals surface area contributed by atoms with Gasteiger partial charge in [0.1, 0.15) is 34.3 Å². The molecule has 13 heteroatoms. The second kappa shape index (κ2) is 9.65. The van der Waals surface area contributed by atoms with Crippen molar-refractivity contribution in [2.75, 3.05) is 31.1 Å². The van der Waals surface area contributed by atoms with Crippen LogP contribution in [0, 0.1) is 42.2 Å². The smallest absolute Gasteiger partial charge is 0.417 e. The maximum atomic E-state index is 16.4. The van der Waals surface area contributed by atoms with Crippen LogP contribution >= 0.6 is 0 Å². The highest BCUT2D eigenvalue weighted by Crippen LogP contribution is 2.49. The molecule has 1 saturated heterocycles. The lowest BCUT2D eigenvalue weighted by molar-refractivity contribution is -0.137. The first kappa shape index (κ1) is 27.4. The van der Waals surface area contributed by atoms with Crippen molar-refractivity contribution < 1.29 is 31.4 Å². The van der Waals surface area contributed by atoms with Gasteiger partial charge in [-0.25, -0.2) is 13.8 Å². The summed E-state index contributed by atoms with van der Waals surface area (Å²) in [6.07, 6.45) is -3.62. The van der Waals surface area contributed by atoms with Gasteiger partial charge in [0, 0.05) is 37.0 Å². The number of nitrogens with zero attached hydrogens (tertiary/aromatic N) is 5. The third-order valence-electron chi connectivity index (χ3n) is 8.24. The number of hydrogen-bond donors (Lipinski definition) is 1. The number of piperazine rings is 1. The summed E-state index contributed by atoms with van der Waals surface area (Å²) in [4.78, 5) is 15.1. The summed E-state index contributed by atoms with van der Waals surface area (Å²) < 4.78 is 85.9. The van der Waals surface area contributed by atoms with E-state index in [4.69, 9.17) is 9.47 Å². The molecule has 216 valence electrons. The van der Waals surface area contributed by atoms with E-state index in [1.165, 1.54) is 6.92 Å². The molecule has 2 atom stereocenters. The summed E-state index contributed by atoms with van der Waals surface area (Å²) in [6, 6.07) is 2.69. The van der Waals surface area contributed by atoms with Gasteiger partial charge in [0.15, 0.2) is 5.82 Å². The largest absolute Gasteiger partial charge is 0.472 e. The highest BCUT2D eigenvalue weighted by atomic mass is 19.4. The Labute approximate surface area is 232 Å². The monoisotopic (exact) mass is 574 g/mol. The van der Waals surface area contributed by atoms with E-state index >= 15 is 4.39 Å². The third kappa shape index (κ3) is 4.58. The number of nitriles is 1. The number of aromatic nitrogens is 3. The van der Waals surface area contributed by atoms with E-state index in [-0.39, 0.29) is 52.8 Å². The minimum absolute atomic E-state index is 0.0882. The molecule has 1 aliphatic carbocycles. The quantitative estimate of drug-likeness (QED) is 0.414. The summed E-state index contributed by atoms with van der Waals surface area (Å²) in [5.74, 6) is -1.96. The Bertz CT molecular complexity index is 1600. The second-order valence-corrected chi connectivity index (χ2v) is 11.1. The predicted molar refractivity (Wildman–Crippen MR) is 139 cm³/mol. The Hall–Kier alpha value is -3.79. The zero-order valence-corrected chi connectivity index (χ0v) is 22.6. The Morgan fingerprint density at radius 3 is 2.63 bits per heavy atom. The van der Waals surface area contributed by atoms with Gasteiger partial charge in [-0.1, -0.05) is 0 Å². The molecule has 0 spiro atoms. The number of rotatable bonds is 5. The topological polar surface area (TPSA) is 96.2 Å². The van der Waals surface area contributed by atoms with Crippen LogP contribution in [0.15, 0.2) is 6.07 Å². The molecule has 1 aromatic carbocycles. The van der Waals surface area contributed by atoms with Crippen LogP contribution < -0.4 is 19.7 Å². The summed E-state index contributed by atoms with van der Waals surface area (Å²) in [7, 11) is 0. The molecule has 0 radical (unpaired) electrons. The number of aryl methyl sites for hydroxylation is 1. The van der Waals surface area contributed by atoms with Crippen molar-refractivity contribution in [3.8, 4) is 29.2 Å². The summed E-state index contributed by atoms with van der Waals surface area (Å²) in [5.41, 5.74) is -3.97. The van der Waals surface area contributed by atoms with E-state index in [0.717, 1.165) is 25.8 Å². The summed E-state index contributed by atoms with van der Waals surface area (Å²) in [5, 5.41) is 12.6. The lowest BCUT2D eigenvalue weighted by Crippen LogP contribution is -2.56. The van der Waals surface area contributed by atoms with Crippen LogP contribution in [0.1, 0.15) is 42.9 Å². The molecule has 0 amide bonds. The number of fused-ring (bicyclic) bond motifs is 2. The molecule has 2 aromatic heterocycles. The van der Waals surface area contributed by atoms with Gasteiger partial charge in [0.25, 0.3) is 0 Å². The van der Waals surface area contributed by atoms with Crippen molar-refractivity contribution in [3.05, 3.63) is 34.4 Å². The lowest BCUT2D eigenvalue weighted by atomic mass is 9.94. The molecule has 2 fully saturated rings. The van der Waals surface area contributed by atoms with Crippen LogP contribution in [-0.4, -0.2) is 53.3 Å². The first-order chi connectivity index (χ1) is 19.4. The van der Waals surface area contributed by atoms with Crippen molar-refractivity contribution in [3.63, 3.8) is 0 Å². The number of pyridine rings is 1. The Morgan fingerprint density at radius 1 is 1.20 bits per heavy atom. The van der Waals surface area contributed by atoms with Gasteiger partial charge in [0.2, 0.25) is 5.88 Å². The first-order valence-electron chi connectivity index (χ1n) is 13.4. The number of nitrogens with one attached hydrogen (secondary N) is 1. The number of alkyl halides is 3. The second-order valence-electron chi connectivity index (χ2n) is 11.1. The Balaban J connectivity index is 1.60. The van der Waals surface area contributed by atoms with E-state index < -0.39 is 46.3 Å². The highest BCUT2D eigenvalue weighted by molar-refractivity contribution is 5.97. The fourth-order valence-electron chi connectivity index (χ4n) is 5.75. The molecular weight excluding hydrogens is 547 g/mol. The van der Waals surface area contributed by atoms with Gasteiger partial charge in [-0.3, -0.25) is 0 Å². The van der Waals surface area contributed by atoms with Crippen LogP contribution in [-0.2, 0) is 6.18 Å². The molecule has 0 unspecified atom stereocenters. The van der Waals surface area contributed by atoms with Crippen LogP contribution in [0.4, 0.5) is 27.8 Å². The van der Waals surface area contributed by atoms with Crippen LogP contribution in [0.2, 0.25) is 0 Å². The molecular formula is C28H27F5N6O2. The van der Waals surface area contributed by atoms with Gasteiger partial charge in [-0.05, 0) is 50.8 Å². The maximum absolute atomic E-state index is 16.4. The number of ether oxygens (including phenoxy) is 2. The molecule has 3 aliphatic rings.